The fourth-order valence-corrected chi connectivity index (χ4v) is 4.19. The molecule has 1 aromatic carbocycles. The molecule has 2 aliphatic rings. The first-order chi connectivity index (χ1) is 10.0. The molecule has 7 heteroatoms. The van der Waals surface area contributed by atoms with Crippen LogP contribution in [0.4, 0.5) is 0 Å². The number of fused-ring (bicyclic) bond motifs is 2. The highest BCUT2D eigenvalue weighted by Gasteiger charge is 2.35. The summed E-state index contributed by atoms with van der Waals surface area (Å²) in [6, 6.07) is 6.05. The predicted molar refractivity (Wildman–Crippen MR) is 81.7 cm³/mol. The van der Waals surface area contributed by atoms with Crippen LogP contribution in [0.2, 0.25) is 0 Å². The van der Waals surface area contributed by atoms with Gasteiger partial charge < -0.3 is 4.98 Å². The smallest absolute Gasteiger partial charge is 0.274 e. The van der Waals surface area contributed by atoms with Gasteiger partial charge in [-0.3, -0.25) is 4.99 Å². The number of hydrogen-bond donors (Lipinski definition) is 3. The van der Waals surface area contributed by atoms with Crippen LogP contribution < -0.4 is 9.86 Å². The van der Waals surface area contributed by atoms with Crippen molar-refractivity contribution in [2.75, 3.05) is 0 Å². The SMILES string of the molecule is NS(=O)(=O)N[C@@H]1C=N[C@@H]2Cc3c[nH]c4cccc(c34)C2C1. The third-order valence-electron chi connectivity index (χ3n) is 4.39. The summed E-state index contributed by atoms with van der Waals surface area (Å²) in [5, 5.41) is 6.33. The van der Waals surface area contributed by atoms with Gasteiger partial charge in [0.2, 0.25) is 0 Å². The van der Waals surface area contributed by atoms with Gasteiger partial charge in [0.1, 0.15) is 0 Å². The quantitative estimate of drug-likeness (QED) is 0.765. The van der Waals surface area contributed by atoms with E-state index in [0.717, 1.165) is 11.9 Å². The molecule has 0 amide bonds. The molecule has 110 valence electrons. The van der Waals surface area contributed by atoms with Crippen LogP contribution in [0.1, 0.15) is 23.5 Å². The highest BCUT2D eigenvalue weighted by atomic mass is 32.2. The van der Waals surface area contributed by atoms with Crippen LogP contribution >= 0.6 is 0 Å². The van der Waals surface area contributed by atoms with Crippen molar-refractivity contribution in [3.05, 3.63) is 35.5 Å². The Kier molecular flexibility index (Phi) is 2.72. The zero-order chi connectivity index (χ0) is 14.6. The van der Waals surface area contributed by atoms with E-state index in [1.807, 2.05) is 6.07 Å². The number of aromatic nitrogens is 1. The molecule has 0 saturated carbocycles. The summed E-state index contributed by atoms with van der Waals surface area (Å²) >= 11 is 0. The van der Waals surface area contributed by atoms with Gasteiger partial charge in [-0.2, -0.15) is 13.1 Å². The first kappa shape index (κ1) is 13.0. The van der Waals surface area contributed by atoms with Crippen molar-refractivity contribution in [2.24, 2.45) is 10.1 Å². The number of H-pyrrole nitrogens is 1. The van der Waals surface area contributed by atoms with E-state index < -0.39 is 10.2 Å². The predicted octanol–water partition coefficient (Wildman–Crippen LogP) is 0.812. The lowest BCUT2D eigenvalue weighted by molar-refractivity contribution is 0.449. The van der Waals surface area contributed by atoms with Crippen LogP contribution in [-0.2, 0) is 16.6 Å². The largest absolute Gasteiger partial charge is 0.361 e. The Balaban J connectivity index is 1.75. The minimum absolute atomic E-state index is 0.178. The molecule has 1 aliphatic carbocycles. The van der Waals surface area contributed by atoms with Crippen LogP contribution in [0.25, 0.3) is 10.9 Å². The Labute approximate surface area is 122 Å². The maximum atomic E-state index is 11.2. The Morgan fingerprint density at radius 3 is 3.05 bits per heavy atom. The topological polar surface area (TPSA) is 100 Å². The molecule has 21 heavy (non-hydrogen) atoms. The lowest BCUT2D eigenvalue weighted by Gasteiger charge is -2.34. The Hall–Kier alpha value is -1.70. The number of aliphatic imine (C=N–C) groups is 1. The first-order valence-electron chi connectivity index (χ1n) is 6.93. The highest BCUT2D eigenvalue weighted by molar-refractivity contribution is 7.87. The van der Waals surface area contributed by atoms with Crippen LogP contribution in [0, 0.1) is 0 Å². The fraction of sp³-hybridized carbons (Fsp3) is 0.357. The summed E-state index contributed by atoms with van der Waals surface area (Å²) < 4.78 is 24.8. The molecular weight excluding hydrogens is 288 g/mol. The second-order valence-electron chi connectivity index (χ2n) is 5.76. The molecule has 1 aliphatic heterocycles. The second kappa shape index (κ2) is 4.40. The van der Waals surface area contributed by atoms with Gasteiger partial charge in [0.25, 0.3) is 10.2 Å². The molecule has 2 aromatic rings. The number of benzene rings is 1. The molecule has 1 aromatic heterocycles. The molecule has 4 rings (SSSR count). The van der Waals surface area contributed by atoms with E-state index >= 15 is 0 Å². The molecular formula is C14H16N4O2S. The second-order valence-corrected chi connectivity index (χ2v) is 7.09. The van der Waals surface area contributed by atoms with Gasteiger partial charge in [0.15, 0.2) is 0 Å². The molecule has 0 fully saturated rings. The van der Waals surface area contributed by atoms with E-state index in [1.165, 1.54) is 16.5 Å². The molecule has 4 N–H and O–H groups in total. The first-order valence-corrected chi connectivity index (χ1v) is 8.48. The van der Waals surface area contributed by atoms with Gasteiger partial charge in [0.05, 0.1) is 12.1 Å². The molecule has 3 atom stereocenters. The van der Waals surface area contributed by atoms with Crippen molar-refractivity contribution >= 4 is 27.3 Å². The summed E-state index contributed by atoms with van der Waals surface area (Å²) in [5.74, 6) is 0.223. The zero-order valence-electron chi connectivity index (χ0n) is 11.3. The molecule has 0 bridgehead atoms. The molecule has 0 spiro atoms. The molecule has 1 unspecified atom stereocenters. The van der Waals surface area contributed by atoms with Crippen molar-refractivity contribution in [3.8, 4) is 0 Å². The average molecular weight is 304 g/mol. The summed E-state index contributed by atoms with van der Waals surface area (Å²) in [4.78, 5) is 7.86. The minimum Gasteiger partial charge on any atom is -0.361 e. The number of nitrogens with one attached hydrogen (secondary N) is 2. The average Bonchev–Trinajstić information content (AvgIpc) is 2.83. The van der Waals surface area contributed by atoms with E-state index in [1.54, 1.807) is 6.21 Å². The van der Waals surface area contributed by atoms with Crippen LogP contribution in [0.3, 0.4) is 0 Å². The number of nitrogens with two attached hydrogens (primary N) is 1. The maximum Gasteiger partial charge on any atom is 0.274 e. The van der Waals surface area contributed by atoms with Gasteiger partial charge in [-0.05, 0) is 30.0 Å². The zero-order valence-corrected chi connectivity index (χ0v) is 12.1. The van der Waals surface area contributed by atoms with Crippen molar-refractivity contribution in [2.45, 2.75) is 30.8 Å². The van der Waals surface area contributed by atoms with Crippen molar-refractivity contribution in [3.63, 3.8) is 0 Å². The van der Waals surface area contributed by atoms with Gasteiger partial charge >= 0.3 is 0 Å². The lowest BCUT2D eigenvalue weighted by Crippen LogP contribution is -2.45. The van der Waals surface area contributed by atoms with E-state index in [-0.39, 0.29) is 18.0 Å². The molecule has 6 nitrogen and oxygen atoms in total. The summed E-state index contributed by atoms with van der Waals surface area (Å²) in [7, 11) is -3.71. The van der Waals surface area contributed by atoms with E-state index in [0.29, 0.717) is 6.42 Å². The Bertz CT molecular complexity index is 840. The maximum absolute atomic E-state index is 11.2. The Morgan fingerprint density at radius 2 is 2.24 bits per heavy atom. The minimum atomic E-state index is -3.71. The van der Waals surface area contributed by atoms with Crippen LogP contribution in [0.15, 0.2) is 29.4 Å². The number of rotatable bonds is 2. The summed E-state index contributed by atoms with van der Waals surface area (Å²) in [6.45, 7) is 0. The monoisotopic (exact) mass is 304 g/mol. The molecule has 2 heterocycles. The van der Waals surface area contributed by atoms with Gasteiger partial charge in [-0.15, -0.1) is 0 Å². The van der Waals surface area contributed by atoms with Gasteiger partial charge in [0, 0.05) is 29.2 Å². The lowest BCUT2D eigenvalue weighted by atomic mass is 9.76. The number of aromatic amines is 1. The normalized spacial score (nSPS) is 27.8. The van der Waals surface area contributed by atoms with E-state index in [2.05, 4.69) is 33.0 Å². The highest BCUT2D eigenvalue weighted by Crippen LogP contribution is 2.41. The van der Waals surface area contributed by atoms with E-state index in [9.17, 15) is 8.42 Å². The third-order valence-corrected chi connectivity index (χ3v) is 5.02. The molecule has 0 radical (unpaired) electrons. The van der Waals surface area contributed by atoms with Crippen LogP contribution in [0.5, 0.6) is 0 Å². The standard InChI is InChI=1S/C14H16N4O2S/c15-21(19,20)18-9-5-11-10-2-1-3-12-14(10)8(6-16-12)4-13(11)17-7-9/h1-3,6-7,9,11,13,16,18H,4-5H2,(H2,15,19,20)/t9-,11?,13+/m0/s1. The van der Waals surface area contributed by atoms with Crippen molar-refractivity contribution in [1.82, 2.24) is 9.71 Å². The fourth-order valence-electron chi connectivity index (χ4n) is 3.61. The number of nitrogens with zero attached hydrogens (tertiary/aromatic N) is 1. The van der Waals surface area contributed by atoms with Crippen LogP contribution in [-0.4, -0.2) is 31.7 Å². The summed E-state index contributed by atoms with van der Waals surface area (Å²) in [6.07, 6.45) is 5.31. The van der Waals surface area contributed by atoms with Crippen molar-refractivity contribution in [1.29, 1.82) is 0 Å². The van der Waals surface area contributed by atoms with Gasteiger partial charge in [-0.25, -0.2) is 5.14 Å². The van der Waals surface area contributed by atoms with Crippen molar-refractivity contribution < 1.29 is 8.42 Å². The van der Waals surface area contributed by atoms with E-state index in [4.69, 9.17) is 5.14 Å². The Morgan fingerprint density at radius 1 is 1.38 bits per heavy atom. The summed E-state index contributed by atoms with van der Waals surface area (Å²) in [5.41, 5.74) is 3.67. The van der Waals surface area contributed by atoms with Gasteiger partial charge in [-0.1, -0.05) is 12.1 Å². The third kappa shape index (κ3) is 2.17. The molecule has 0 saturated heterocycles. The number of hydrogen-bond acceptors (Lipinski definition) is 3.